The molecule has 4 rings (SSSR count). The first-order valence-corrected chi connectivity index (χ1v) is 7.48. The smallest absolute Gasteiger partial charge is 0.278 e. The molecule has 0 N–H and O–H groups in total. The van der Waals surface area contributed by atoms with Crippen LogP contribution in [0.1, 0.15) is 5.56 Å². The van der Waals surface area contributed by atoms with Crippen LogP contribution in [0.5, 0.6) is 0 Å². The van der Waals surface area contributed by atoms with E-state index in [9.17, 15) is 9.59 Å². The maximum Gasteiger partial charge on any atom is 0.278 e. The molecule has 0 bridgehead atoms. The Labute approximate surface area is 137 Å². The Kier molecular flexibility index (Phi) is 3.16. The normalized spacial score (nSPS) is 22.8. The van der Waals surface area contributed by atoms with Crippen molar-refractivity contribution in [3.05, 3.63) is 65.2 Å². The van der Waals surface area contributed by atoms with Gasteiger partial charge >= 0.3 is 0 Å². The van der Waals surface area contributed by atoms with Crippen molar-refractivity contribution in [3.63, 3.8) is 0 Å². The summed E-state index contributed by atoms with van der Waals surface area (Å²) in [5.41, 5.74) is 1.54. The predicted molar refractivity (Wildman–Crippen MR) is 85.3 cm³/mol. The van der Waals surface area contributed by atoms with E-state index in [0.717, 1.165) is 4.90 Å². The molecular weight excluding hydrogens is 316 g/mol. The van der Waals surface area contributed by atoms with Crippen molar-refractivity contribution < 1.29 is 14.4 Å². The number of hydrogen-bond donors (Lipinski definition) is 0. The SMILES string of the molecule is O=C1[C@@H]2C(c3ccccc3Cl)=NO[C@@H]2C(=O)N1c1ccccc1. The molecule has 23 heavy (non-hydrogen) atoms. The van der Waals surface area contributed by atoms with Crippen LogP contribution in [0.15, 0.2) is 59.8 Å². The monoisotopic (exact) mass is 326 g/mol. The summed E-state index contributed by atoms with van der Waals surface area (Å²) in [7, 11) is 0. The van der Waals surface area contributed by atoms with E-state index in [1.165, 1.54) is 0 Å². The molecule has 1 fully saturated rings. The number of carbonyl (C=O) groups is 2. The third kappa shape index (κ3) is 2.04. The van der Waals surface area contributed by atoms with E-state index < -0.39 is 17.9 Å². The van der Waals surface area contributed by atoms with E-state index in [4.69, 9.17) is 16.4 Å². The lowest BCUT2D eigenvalue weighted by atomic mass is 9.94. The second-order valence-electron chi connectivity index (χ2n) is 5.31. The molecule has 5 nitrogen and oxygen atoms in total. The lowest BCUT2D eigenvalue weighted by Gasteiger charge is -2.15. The Bertz CT molecular complexity index is 835. The molecule has 0 saturated carbocycles. The number of amides is 2. The number of imide groups is 1. The molecule has 2 aliphatic heterocycles. The van der Waals surface area contributed by atoms with Gasteiger partial charge in [-0.15, -0.1) is 0 Å². The molecule has 0 radical (unpaired) electrons. The van der Waals surface area contributed by atoms with Crippen LogP contribution in [-0.4, -0.2) is 23.6 Å². The topological polar surface area (TPSA) is 59.0 Å². The number of para-hydroxylation sites is 1. The summed E-state index contributed by atoms with van der Waals surface area (Å²) in [4.78, 5) is 31.7. The molecule has 114 valence electrons. The average Bonchev–Trinajstić information content (AvgIpc) is 3.10. The zero-order valence-electron chi connectivity index (χ0n) is 11.8. The van der Waals surface area contributed by atoms with Gasteiger partial charge in [0.25, 0.3) is 5.91 Å². The standard InChI is InChI=1S/C17H11ClN2O3/c18-12-9-5-4-8-11(12)14-13-15(23-19-14)17(22)20(16(13)21)10-6-2-1-3-7-10/h1-9,13,15H/t13-,15+/m1/s1. The lowest BCUT2D eigenvalue weighted by molar-refractivity contribution is -0.126. The van der Waals surface area contributed by atoms with Crippen LogP contribution in [0.25, 0.3) is 0 Å². The van der Waals surface area contributed by atoms with Gasteiger partial charge in [-0.05, 0) is 18.2 Å². The van der Waals surface area contributed by atoms with Crippen LogP contribution < -0.4 is 4.90 Å². The highest BCUT2D eigenvalue weighted by Gasteiger charge is 2.56. The van der Waals surface area contributed by atoms with Crippen molar-refractivity contribution in [1.82, 2.24) is 0 Å². The van der Waals surface area contributed by atoms with Gasteiger partial charge in [0, 0.05) is 10.6 Å². The van der Waals surface area contributed by atoms with Crippen molar-refractivity contribution >= 4 is 34.8 Å². The summed E-state index contributed by atoms with van der Waals surface area (Å²) in [6, 6.07) is 15.8. The molecule has 2 amide bonds. The van der Waals surface area contributed by atoms with Crippen LogP contribution in [0.2, 0.25) is 5.02 Å². The van der Waals surface area contributed by atoms with E-state index >= 15 is 0 Å². The first-order valence-electron chi connectivity index (χ1n) is 7.10. The zero-order valence-corrected chi connectivity index (χ0v) is 12.6. The summed E-state index contributed by atoms with van der Waals surface area (Å²) >= 11 is 6.19. The number of nitrogens with zero attached hydrogens (tertiary/aromatic N) is 2. The van der Waals surface area contributed by atoms with Gasteiger partial charge in [0.05, 0.1) is 5.69 Å². The molecule has 2 atom stereocenters. The van der Waals surface area contributed by atoms with Crippen molar-refractivity contribution in [2.24, 2.45) is 11.1 Å². The highest BCUT2D eigenvalue weighted by atomic mass is 35.5. The largest absolute Gasteiger partial charge is 0.381 e. The number of benzene rings is 2. The van der Waals surface area contributed by atoms with E-state index in [0.29, 0.717) is 22.0 Å². The molecule has 1 saturated heterocycles. The number of halogens is 1. The second-order valence-corrected chi connectivity index (χ2v) is 5.71. The summed E-state index contributed by atoms with van der Waals surface area (Å²) in [6.07, 6.45) is -0.922. The molecule has 2 aromatic carbocycles. The van der Waals surface area contributed by atoms with Gasteiger partial charge in [-0.2, -0.15) is 0 Å². The first kappa shape index (κ1) is 14.0. The van der Waals surface area contributed by atoms with Crippen LogP contribution in [0.4, 0.5) is 5.69 Å². The van der Waals surface area contributed by atoms with Crippen LogP contribution in [0, 0.1) is 5.92 Å². The van der Waals surface area contributed by atoms with Gasteiger partial charge < -0.3 is 4.84 Å². The van der Waals surface area contributed by atoms with Gasteiger partial charge in [-0.25, -0.2) is 4.90 Å². The summed E-state index contributed by atoms with van der Waals surface area (Å²) in [6.45, 7) is 0. The highest BCUT2D eigenvalue weighted by molar-refractivity contribution is 6.38. The molecule has 6 heteroatoms. The van der Waals surface area contributed by atoms with Crippen molar-refractivity contribution in [1.29, 1.82) is 0 Å². The molecule has 0 aromatic heterocycles. The fourth-order valence-corrected chi connectivity index (χ4v) is 3.13. The molecular formula is C17H11ClN2O3. The van der Waals surface area contributed by atoms with Crippen molar-refractivity contribution in [2.45, 2.75) is 6.10 Å². The Balaban J connectivity index is 1.74. The predicted octanol–water partition coefficient (Wildman–Crippen LogP) is 2.63. The van der Waals surface area contributed by atoms with Gasteiger partial charge in [0.15, 0.2) is 0 Å². The molecule has 0 spiro atoms. The lowest BCUT2D eigenvalue weighted by Crippen LogP contribution is -2.33. The van der Waals surface area contributed by atoms with E-state index in [-0.39, 0.29) is 5.91 Å². The van der Waals surface area contributed by atoms with Gasteiger partial charge in [-0.3, -0.25) is 9.59 Å². The van der Waals surface area contributed by atoms with Crippen LogP contribution in [-0.2, 0) is 14.4 Å². The number of oxime groups is 1. The minimum absolute atomic E-state index is 0.345. The third-order valence-electron chi connectivity index (χ3n) is 3.98. The first-order chi connectivity index (χ1) is 11.2. The van der Waals surface area contributed by atoms with Gasteiger partial charge in [-0.1, -0.05) is 53.2 Å². The average molecular weight is 327 g/mol. The number of hydrogen-bond acceptors (Lipinski definition) is 4. The minimum atomic E-state index is -0.922. The Hall–Kier alpha value is -2.66. The zero-order chi connectivity index (χ0) is 16.0. The fraction of sp³-hybridized carbons (Fsp3) is 0.118. The number of carbonyl (C=O) groups excluding carboxylic acids is 2. The summed E-state index contributed by atoms with van der Waals surface area (Å²) in [5.74, 6) is -1.51. The van der Waals surface area contributed by atoms with Crippen LogP contribution in [0.3, 0.4) is 0 Å². The number of anilines is 1. The maximum absolute atomic E-state index is 12.8. The summed E-state index contributed by atoms with van der Waals surface area (Å²) < 4.78 is 0. The van der Waals surface area contributed by atoms with Crippen LogP contribution >= 0.6 is 11.6 Å². The maximum atomic E-state index is 12.8. The van der Waals surface area contributed by atoms with E-state index in [2.05, 4.69) is 5.16 Å². The summed E-state index contributed by atoms with van der Waals surface area (Å²) in [5, 5.41) is 4.41. The quantitative estimate of drug-likeness (QED) is 0.797. The van der Waals surface area contributed by atoms with Gasteiger partial charge in [0.1, 0.15) is 11.6 Å². The fourth-order valence-electron chi connectivity index (χ4n) is 2.90. The number of rotatable bonds is 2. The Morgan fingerprint density at radius 3 is 2.39 bits per heavy atom. The molecule has 0 unspecified atom stereocenters. The molecule has 2 aliphatic rings. The Morgan fingerprint density at radius 1 is 0.957 bits per heavy atom. The second kappa shape index (κ2) is 5.21. The number of fused-ring (bicyclic) bond motifs is 1. The third-order valence-corrected chi connectivity index (χ3v) is 4.31. The van der Waals surface area contributed by atoms with E-state index in [1.807, 2.05) is 6.07 Å². The van der Waals surface area contributed by atoms with Crippen molar-refractivity contribution in [3.8, 4) is 0 Å². The van der Waals surface area contributed by atoms with Crippen molar-refractivity contribution in [2.75, 3.05) is 4.90 Å². The molecule has 2 heterocycles. The van der Waals surface area contributed by atoms with E-state index in [1.54, 1.807) is 48.5 Å². The minimum Gasteiger partial charge on any atom is -0.381 e. The molecule has 2 aromatic rings. The highest BCUT2D eigenvalue weighted by Crippen LogP contribution is 2.36. The molecule has 0 aliphatic carbocycles. The van der Waals surface area contributed by atoms with Gasteiger partial charge in [0.2, 0.25) is 12.0 Å². The Morgan fingerprint density at radius 2 is 1.65 bits per heavy atom.